The highest BCUT2D eigenvalue weighted by molar-refractivity contribution is 6.21. The first-order valence-corrected chi connectivity index (χ1v) is 13.3. The van der Waals surface area contributed by atoms with Gasteiger partial charge in [-0.05, 0) is 25.0 Å². The van der Waals surface area contributed by atoms with E-state index in [0.717, 1.165) is 68.2 Å². The summed E-state index contributed by atoms with van der Waals surface area (Å²) in [6.45, 7) is 5.94. The van der Waals surface area contributed by atoms with Gasteiger partial charge in [0, 0.05) is 45.3 Å². The van der Waals surface area contributed by atoms with Crippen LogP contribution in [0, 0.1) is 0 Å². The van der Waals surface area contributed by atoms with Crippen LogP contribution in [0.25, 0.3) is 0 Å². The Morgan fingerprint density at radius 2 is 1.40 bits per heavy atom. The number of hydrogen-bond donors (Lipinski definition) is 0. The van der Waals surface area contributed by atoms with Gasteiger partial charge in [0.25, 0.3) is 11.8 Å². The van der Waals surface area contributed by atoms with E-state index in [0.29, 0.717) is 23.7 Å². The van der Waals surface area contributed by atoms with Gasteiger partial charge in [-0.3, -0.25) is 14.5 Å². The minimum atomic E-state index is -0.142. The topological polar surface area (TPSA) is 47.1 Å². The summed E-state index contributed by atoms with van der Waals surface area (Å²) in [6.07, 6.45) is 2.95. The summed E-state index contributed by atoms with van der Waals surface area (Å²) in [5, 5.41) is 2.97. The van der Waals surface area contributed by atoms with Gasteiger partial charge in [-0.1, -0.05) is 34.8 Å². The monoisotopic (exact) mass is 450 g/mol. The molecule has 1 saturated heterocycles. The van der Waals surface area contributed by atoms with Crippen LogP contribution in [-0.2, 0) is 0 Å². The van der Waals surface area contributed by atoms with Gasteiger partial charge in [0.15, 0.2) is 0 Å². The number of carbonyl (C=O) groups excluding carboxylic acids is 2. The smallest absolute Gasteiger partial charge is 0.261 e. The third-order valence-corrected chi connectivity index (χ3v) is 7.72. The van der Waals surface area contributed by atoms with E-state index in [1.54, 1.807) is 12.1 Å². The molecule has 0 bridgehead atoms. The van der Waals surface area contributed by atoms with E-state index in [2.05, 4.69) is 63.6 Å². The third kappa shape index (κ3) is 5.99. The lowest BCUT2D eigenvalue weighted by atomic mass is 10.1. The normalized spacial score (nSPS) is 22.0. The molecule has 0 aromatic heterocycles. The van der Waals surface area contributed by atoms with Crippen molar-refractivity contribution in [2.75, 3.05) is 55.5 Å². The van der Waals surface area contributed by atoms with Crippen LogP contribution in [0.2, 0.25) is 0 Å². The summed E-state index contributed by atoms with van der Waals surface area (Å²) in [5.74, 6) is -0.285. The summed E-state index contributed by atoms with van der Waals surface area (Å²) >= 11 is 8.62. The second kappa shape index (κ2) is 12.2. The van der Waals surface area contributed by atoms with E-state index < -0.39 is 0 Å². The number of carbonyl (C=O) groups is 2. The van der Waals surface area contributed by atoms with Gasteiger partial charge in [0.1, 0.15) is 48.9 Å². The van der Waals surface area contributed by atoms with E-state index in [4.69, 9.17) is 0 Å². The summed E-state index contributed by atoms with van der Waals surface area (Å²) in [4.78, 5) is 34.1. The first kappa shape index (κ1) is 24.5. The zero-order chi connectivity index (χ0) is 21.5. The Labute approximate surface area is 205 Å². The fraction of sp³-hybridized carbons (Fsp3) is 0.619. The maximum Gasteiger partial charge on any atom is 0.261 e. The highest BCUT2D eigenvalue weighted by Crippen LogP contribution is 2.23. The first-order chi connectivity index (χ1) is 14.6. The summed E-state index contributed by atoms with van der Waals surface area (Å²) in [7, 11) is 0. The minimum absolute atomic E-state index is 0.142. The van der Waals surface area contributed by atoms with Crippen molar-refractivity contribution in [1.29, 1.82) is 0 Å². The largest absolute Gasteiger partial charge is 0.316 e. The second-order valence-corrected chi connectivity index (χ2v) is 9.11. The quantitative estimate of drug-likeness (QED) is 0.320. The molecule has 1 fully saturated rings. The number of benzene rings is 1. The van der Waals surface area contributed by atoms with Crippen molar-refractivity contribution < 1.29 is 9.59 Å². The number of fused-ring (bicyclic) bond motifs is 1. The Hall–Kier alpha value is -0.163. The predicted molar refractivity (Wildman–Crippen MR) is 121 cm³/mol. The summed E-state index contributed by atoms with van der Waals surface area (Å²) in [6, 6.07) is 7.63. The highest BCUT2D eigenvalue weighted by Gasteiger charge is 2.34. The van der Waals surface area contributed by atoms with Crippen LogP contribution in [-0.4, -0.2) is 142 Å². The Bertz CT molecular complexity index is 701. The minimum Gasteiger partial charge on any atom is -0.316 e. The molecular formula is C21H29Al3N4O2. The van der Waals surface area contributed by atoms with Gasteiger partial charge in [-0.15, -0.1) is 0 Å². The Kier molecular flexibility index (Phi) is 9.94. The maximum absolute atomic E-state index is 12.5. The molecule has 3 rings (SSSR count). The van der Waals surface area contributed by atoms with Crippen molar-refractivity contribution in [3.8, 4) is 0 Å². The van der Waals surface area contributed by atoms with E-state index in [1.807, 2.05) is 12.1 Å². The molecule has 0 aliphatic carbocycles. The molecule has 30 heavy (non-hydrogen) atoms. The summed E-state index contributed by atoms with van der Waals surface area (Å²) in [5.41, 5.74) is 1.09. The van der Waals surface area contributed by atoms with Crippen LogP contribution >= 0.6 is 0 Å². The molecule has 9 heteroatoms. The zero-order valence-corrected chi connectivity index (χ0v) is 21.2. The molecule has 1 aromatic carbocycles. The third-order valence-electron chi connectivity index (χ3n) is 6.22. The molecule has 2 aliphatic heterocycles. The van der Waals surface area contributed by atoms with Crippen molar-refractivity contribution in [2.24, 2.45) is 0 Å². The molecule has 0 saturated carbocycles. The molecule has 154 valence electrons. The van der Waals surface area contributed by atoms with Crippen LogP contribution in [0.4, 0.5) is 0 Å². The molecule has 0 spiro atoms. The molecule has 6 radical (unpaired) electrons. The van der Waals surface area contributed by atoms with Crippen molar-refractivity contribution in [3.63, 3.8) is 0 Å². The van der Waals surface area contributed by atoms with Gasteiger partial charge < -0.3 is 14.7 Å². The van der Waals surface area contributed by atoms with Gasteiger partial charge in [-0.2, -0.15) is 0 Å². The first-order valence-electron chi connectivity index (χ1n) is 10.8. The standard InChI is InChI=1S/C21H29N4O2.3Al/c1-22-12-13-23(2)16-17(24(3)15-14-22)8-6-7-11-25-20(26)18-9-4-5-10-19(18)21(25)27;;;/h4-5,9-10,17H,1-3,6-8,11-16H2;;;. The number of rotatable bonds is 8. The van der Waals surface area contributed by atoms with E-state index in [1.165, 1.54) is 4.90 Å². The number of nitrogens with zero attached hydrogens (tertiary/aromatic N) is 4. The Morgan fingerprint density at radius 3 is 2.00 bits per heavy atom. The van der Waals surface area contributed by atoms with Crippen molar-refractivity contribution >= 4 is 60.7 Å². The van der Waals surface area contributed by atoms with E-state index >= 15 is 0 Å². The van der Waals surface area contributed by atoms with Gasteiger partial charge >= 0.3 is 0 Å². The molecule has 6 nitrogen and oxygen atoms in total. The molecule has 2 aliphatic rings. The fourth-order valence-electron chi connectivity index (χ4n) is 4.31. The van der Waals surface area contributed by atoms with Crippen LogP contribution in [0.1, 0.15) is 40.0 Å². The van der Waals surface area contributed by atoms with Gasteiger partial charge in [0.2, 0.25) is 0 Å². The zero-order valence-electron chi connectivity index (χ0n) is 17.7. The number of hydrogen-bond acceptors (Lipinski definition) is 5. The van der Waals surface area contributed by atoms with Crippen molar-refractivity contribution in [3.05, 3.63) is 35.4 Å². The van der Waals surface area contributed by atoms with Crippen LogP contribution < -0.4 is 0 Å². The molecule has 0 N–H and O–H groups in total. The molecule has 1 atom stereocenters. The average molecular weight is 450 g/mol. The van der Waals surface area contributed by atoms with Crippen LogP contribution in [0.3, 0.4) is 0 Å². The van der Waals surface area contributed by atoms with Gasteiger partial charge in [0.05, 0.1) is 11.1 Å². The SMILES string of the molecule is O=C1c2ccccc2C(=O)N1CCCCC1CN([CH2][Al])CCN([CH2][Al])CCN1[CH2][Al]. The number of imide groups is 1. The van der Waals surface area contributed by atoms with Crippen molar-refractivity contribution in [1.82, 2.24) is 19.6 Å². The van der Waals surface area contributed by atoms with E-state index in [9.17, 15) is 9.59 Å². The van der Waals surface area contributed by atoms with Crippen molar-refractivity contribution in [2.45, 2.75) is 25.3 Å². The summed E-state index contributed by atoms with van der Waals surface area (Å²) < 4.78 is 0. The molecular weight excluding hydrogens is 421 g/mol. The number of amides is 2. The lowest BCUT2D eigenvalue weighted by Crippen LogP contribution is -2.45. The second-order valence-electron chi connectivity index (χ2n) is 8.01. The van der Waals surface area contributed by atoms with Crippen LogP contribution in [0.5, 0.6) is 0 Å². The van der Waals surface area contributed by atoms with E-state index in [-0.39, 0.29) is 11.8 Å². The Morgan fingerprint density at radius 1 is 0.800 bits per heavy atom. The highest BCUT2D eigenvalue weighted by atomic mass is 27.1. The average Bonchev–Trinajstić information content (AvgIpc) is 3.06. The Balaban J connectivity index is 1.54. The predicted octanol–water partition coefficient (Wildman–Crippen LogP) is 0.119. The molecule has 1 aromatic rings. The van der Waals surface area contributed by atoms with Crippen LogP contribution in [0.15, 0.2) is 24.3 Å². The molecule has 2 heterocycles. The maximum atomic E-state index is 12.5. The van der Waals surface area contributed by atoms with Gasteiger partial charge in [-0.25, -0.2) is 0 Å². The lowest BCUT2D eigenvalue weighted by Gasteiger charge is -2.34. The number of unbranched alkanes of at least 4 members (excludes halogenated alkanes) is 1. The lowest BCUT2D eigenvalue weighted by molar-refractivity contribution is 0.0650. The fourth-order valence-corrected chi connectivity index (χ4v) is 5.48. The molecule has 1 unspecified atom stereocenters. The molecule has 2 amide bonds.